The van der Waals surface area contributed by atoms with Gasteiger partial charge >= 0.3 is 0 Å². The van der Waals surface area contributed by atoms with E-state index in [1.807, 2.05) is 13.0 Å². The van der Waals surface area contributed by atoms with Crippen LogP contribution in [0.5, 0.6) is 0 Å². The van der Waals surface area contributed by atoms with E-state index in [0.29, 0.717) is 0 Å². The third-order valence-corrected chi connectivity index (χ3v) is 5.66. The van der Waals surface area contributed by atoms with Crippen molar-refractivity contribution in [3.63, 3.8) is 0 Å². The van der Waals surface area contributed by atoms with Crippen LogP contribution in [0.2, 0.25) is 0 Å². The summed E-state index contributed by atoms with van der Waals surface area (Å²) < 4.78 is 13.5. The van der Waals surface area contributed by atoms with E-state index in [2.05, 4.69) is 26.0 Å². The number of hydrogen-bond donors (Lipinski definition) is 2. The summed E-state index contributed by atoms with van der Waals surface area (Å²) in [6.07, 6.45) is 4.17. The summed E-state index contributed by atoms with van der Waals surface area (Å²) in [6.45, 7) is 3.66. The Morgan fingerprint density at radius 2 is 2.20 bits per heavy atom. The predicted octanol–water partition coefficient (Wildman–Crippen LogP) is 3.42. The van der Waals surface area contributed by atoms with Crippen molar-refractivity contribution in [3.8, 4) is 0 Å². The quantitative estimate of drug-likeness (QED) is 0.452. The van der Waals surface area contributed by atoms with Gasteiger partial charge in [-0.25, -0.2) is 9.37 Å². The zero-order valence-corrected chi connectivity index (χ0v) is 15.6. The Kier molecular flexibility index (Phi) is 5.68. The van der Waals surface area contributed by atoms with Gasteiger partial charge in [-0.3, -0.25) is 4.99 Å². The van der Waals surface area contributed by atoms with E-state index in [0.717, 1.165) is 56.0 Å². The molecule has 1 fully saturated rings. The number of benzene rings is 1. The van der Waals surface area contributed by atoms with Crippen LogP contribution in [-0.2, 0) is 11.8 Å². The highest BCUT2D eigenvalue weighted by Gasteiger charge is 2.44. The van der Waals surface area contributed by atoms with E-state index in [9.17, 15) is 4.39 Å². The number of guanidine groups is 1. The molecule has 0 bridgehead atoms. The van der Waals surface area contributed by atoms with Gasteiger partial charge in [0.25, 0.3) is 0 Å². The van der Waals surface area contributed by atoms with Crippen molar-refractivity contribution in [2.75, 3.05) is 20.1 Å². The molecule has 25 heavy (non-hydrogen) atoms. The summed E-state index contributed by atoms with van der Waals surface area (Å²) in [5.41, 5.74) is 2.23. The first-order valence-corrected chi connectivity index (χ1v) is 9.61. The largest absolute Gasteiger partial charge is 0.356 e. The van der Waals surface area contributed by atoms with Crippen LogP contribution in [0.15, 0.2) is 34.6 Å². The Morgan fingerprint density at radius 3 is 2.84 bits per heavy atom. The molecule has 0 radical (unpaired) electrons. The summed E-state index contributed by atoms with van der Waals surface area (Å²) in [6, 6.07) is 6.96. The van der Waals surface area contributed by atoms with Gasteiger partial charge in [-0.2, -0.15) is 0 Å². The number of aromatic nitrogens is 1. The average molecular weight is 361 g/mol. The minimum Gasteiger partial charge on any atom is -0.356 e. The average Bonchev–Trinajstić information content (AvgIpc) is 3.29. The predicted molar refractivity (Wildman–Crippen MR) is 102 cm³/mol. The molecule has 6 heteroatoms. The van der Waals surface area contributed by atoms with Crippen molar-refractivity contribution in [1.82, 2.24) is 15.6 Å². The number of nitrogens with zero attached hydrogens (tertiary/aromatic N) is 2. The van der Waals surface area contributed by atoms with E-state index < -0.39 is 0 Å². The third kappa shape index (κ3) is 4.78. The number of aryl methyl sites for hydroxylation is 2. The number of nitrogens with one attached hydrogen (secondary N) is 2. The van der Waals surface area contributed by atoms with Crippen molar-refractivity contribution < 1.29 is 4.39 Å². The molecule has 1 aliphatic rings. The van der Waals surface area contributed by atoms with Crippen LogP contribution in [0.1, 0.15) is 35.5 Å². The van der Waals surface area contributed by atoms with Crippen LogP contribution in [0.3, 0.4) is 0 Å². The van der Waals surface area contributed by atoms with Crippen molar-refractivity contribution in [2.24, 2.45) is 4.99 Å². The van der Waals surface area contributed by atoms with Gasteiger partial charge in [-0.1, -0.05) is 12.1 Å². The maximum atomic E-state index is 13.5. The van der Waals surface area contributed by atoms with E-state index in [-0.39, 0.29) is 11.2 Å². The second-order valence-corrected chi connectivity index (χ2v) is 7.57. The van der Waals surface area contributed by atoms with Crippen LogP contribution in [0.4, 0.5) is 4.39 Å². The lowest BCUT2D eigenvalue weighted by Crippen LogP contribution is -2.41. The van der Waals surface area contributed by atoms with Gasteiger partial charge in [-0.05, 0) is 43.9 Å². The number of hydrogen-bond acceptors (Lipinski definition) is 3. The maximum absolute atomic E-state index is 13.5. The standard InChI is InChI=1S/C19H25FN4S/c1-14-12-25-17(24-14)7-4-10-22-18(21-2)23-13-19(8-9-19)15-5-3-6-16(20)11-15/h3,5-6,11-12H,4,7-10,13H2,1-2H3,(H2,21,22,23). The molecular formula is C19H25FN4S. The molecule has 1 aromatic heterocycles. The SMILES string of the molecule is CN=C(NCCCc1nc(C)cs1)NCC1(c2cccc(F)c2)CC1. The first-order valence-electron chi connectivity index (χ1n) is 8.73. The zero-order valence-electron chi connectivity index (χ0n) is 14.8. The highest BCUT2D eigenvalue weighted by Crippen LogP contribution is 2.47. The molecule has 2 aromatic rings. The normalized spacial score (nSPS) is 15.9. The molecule has 1 heterocycles. The molecular weight excluding hydrogens is 335 g/mol. The minimum atomic E-state index is -0.163. The molecule has 4 nitrogen and oxygen atoms in total. The summed E-state index contributed by atoms with van der Waals surface area (Å²) in [4.78, 5) is 8.77. The van der Waals surface area contributed by atoms with E-state index >= 15 is 0 Å². The lowest BCUT2D eigenvalue weighted by molar-refractivity contribution is 0.606. The van der Waals surface area contributed by atoms with Crippen LogP contribution in [-0.4, -0.2) is 31.1 Å². The summed E-state index contributed by atoms with van der Waals surface area (Å²) in [5.74, 6) is 0.640. The molecule has 3 rings (SSSR count). The van der Waals surface area contributed by atoms with Gasteiger partial charge in [-0.15, -0.1) is 11.3 Å². The molecule has 134 valence electrons. The van der Waals surface area contributed by atoms with E-state index in [4.69, 9.17) is 0 Å². The lowest BCUT2D eigenvalue weighted by atomic mass is 9.96. The molecule has 0 amide bonds. The Balaban J connectivity index is 1.43. The number of thiazole rings is 1. The monoisotopic (exact) mass is 360 g/mol. The fourth-order valence-electron chi connectivity index (χ4n) is 2.97. The van der Waals surface area contributed by atoms with Gasteiger partial charge in [0.05, 0.1) is 5.01 Å². The Bertz CT molecular complexity index is 737. The van der Waals surface area contributed by atoms with Gasteiger partial charge in [0.15, 0.2) is 5.96 Å². The molecule has 1 saturated carbocycles. The fourth-order valence-corrected chi connectivity index (χ4v) is 3.79. The van der Waals surface area contributed by atoms with Crippen molar-refractivity contribution in [3.05, 3.63) is 51.7 Å². The highest BCUT2D eigenvalue weighted by atomic mass is 32.1. The molecule has 0 unspecified atom stereocenters. The summed E-state index contributed by atoms with van der Waals surface area (Å²) in [5, 5.41) is 10.0. The number of rotatable bonds is 7. The van der Waals surface area contributed by atoms with Crippen LogP contribution in [0.25, 0.3) is 0 Å². The molecule has 2 N–H and O–H groups in total. The second-order valence-electron chi connectivity index (χ2n) is 6.63. The van der Waals surface area contributed by atoms with Crippen molar-refractivity contribution in [2.45, 2.75) is 38.0 Å². The molecule has 1 aliphatic carbocycles. The number of halogens is 1. The number of aliphatic imine (C=N–C) groups is 1. The zero-order chi connectivity index (χ0) is 17.7. The van der Waals surface area contributed by atoms with E-state index in [1.54, 1.807) is 30.5 Å². The van der Waals surface area contributed by atoms with Gasteiger partial charge in [0, 0.05) is 43.0 Å². The molecule has 0 aliphatic heterocycles. The van der Waals surface area contributed by atoms with Gasteiger partial charge < -0.3 is 10.6 Å². The Labute approximate surface area is 152 Å². The van der Waals surface area contributed by atoms with Crippen molar-refractivity contribution >= 4 is 17.3 Å². The van der Waals surface area contributed by atoms with Crippen LogP contribution >= 0.6 is 11.3 Å². The summed E-state index contributed by atoms with van der Waals surface area (Å²) in [7, 11) is 1.78. The molecule has 0 atom stereocenters. The summed E-state index contributed by atoms with van der Waals surface area (Å²) >= 11 is 1.72. The Morgan fingerprint density at radius 1 is 1.36 bits per heavy atom. The lowest BCUT2D eigenvalue weighted by Gasteiger charge is -2.19. The van der Waals surface area contributed by atoms with E-state index in [1.165, 1.54) is 11.1 Å². The van der Waals surface area contributed by atoms with Crippen LogP contribution < -0.4 is 10.6 Å². The van der Waals surface area contributed by atoms with Gasteiger partial charge in [0.2, 0.25) is 0 Å². The van der Waals surface area contributed by atoms with Gasteiger partial charge in [0.1, 0.15) is 5.82 Å². The second kappa shape index (κ2) is 7.95. The first-order chi connectivity index (χ1) is 12.1. The van der Waals surface area contributed by atoms with Crippen molar-refractivity contribution in [1.29, 1.82) is 0 Å². The third-order valence-electron chi connectivity index (χ3n) is 4.63. The topological polar surface area (TPSA) is 49.3 Å². The smallest absolute Gasteiger partial charge is 0.191 e. The Hall–Kier alpha value is -1.95. The van der Waals surface area contributed by atoms with Crippen LogP contribution in [0, 0.1) is 12.7 Å². The first kappa shape index (κ1) is 17.9. The minimum absolute atomic E-state index is 0.0537. The molecule has 0 saturated heterocycles. The fraction of sp³-hybridized carbons (Fsp3) is 0.474. The molecule has 0 spiro atoms. The molecule has 1 aromatic carbocycles. The highest BCUT2D eigenvalue weighted by molar-refractivity contribution is 7.09. The maximum Gasteiger partial charge on any atom is 0.191 e.